The summed E-state index contributed by atoms with van der Waals surface area (Å²) in [4.78, 5) is 0. The maximum atomic E-state index is 15.2. The van der Waals surface area contributed by atoms with E-state index in [4.69, 9.17) is 16.3 Å². The maximum absolute atomic E-state index is 15.2. The molecule has 12 heteroatoms. The molecular weight excluding hydrogens is 497 g/mol. The SMILES string of the molecule is C[C@H](Oc1cc(-c2cc(CO)n(C3CC3)n2)c(F)cc1C(O)Nc1c(F)cccc1Cl)C(F)(F)F. The highest BCUT2D eigenvalue weighted by molar-refractivity contribution is 6.33. The second-order valence-corrected chi connectivity index (χ2v) is 8.58. The second kappa shape index (κ2) is 9.63. The van der Waals surface area contributed by atoms with Crippen molar-refractivity contribution in [2.45, 2.75) is 50.9 Å². The number of anilines is 1. The van der Waals surface area contributed by atoms with Gasteiger partial charge in [0, 0.05) is 11.1 Å². The molecule has 1 aromatic heterocycles. The minimum Gasteiger partial charge on any atom is -0.481 e. The van der Waals surface area contributed by atoms with Crippen LogP contribution in [-0.4, -0.2) is 32.3 Å². The van der Waals surface area contributed by atoms with Crippen LogP contribution in [0.15, 0.2) is 36.4 Å². The Morgan fingerprint density at radius 2 is 1.91 bits per heavy atom. The van der Waals surface area contributed by atoms with Gasteiger partial charge in [0.1, 0.15) is 17.4 Å². The number of hydrogen-bond acceptors (Lipinski definition) is 5. The number of alkyl halides is 3. The van der Waals surface area contributed by atoms with Crippen molar-refractivity contribution in [3.63, 3.8) is 0 Å². The van der Waals surface area contributed by atoms with Crippen molar-refractivity contribution in [3.8, 4) is 17.0 Å². The van der Waals surface area contributed by atoms with Crippen molar-refractivity contribution in [2.75, 3.05) is 5.32 Å². The quantitative estimate of drug-likeness (QED) is 0.262. The molecule has 0 aliphatic heterocycles. The van der Waals surface area contributed by atoms with Gasteiger partial charge in [-0.25, -0.2) is 8.78 Å². The van der Waals surface area contributed by atoms with Crippen molar-refractivity contribution in [2.24, 2.45) is 0 Å². The van der Waals surface area contributed by atoms with Crippen LogP contribution >= 0.6 is 11.6 Å². The molecule has 6 nitrogen and oxygen atoms in total. The molecule has 2 aromatic carbocycles. The van der Waals surface area contributed by atoms with Crippen LogP contribution in [0.2, 0.25) is 5.02 Å². The lowest BCUT2D eigenvalue weighted by Gasteiger charge is -2.23. The van der Waals surface area contributed by atoms with Gasteiger partial charge in [0.05, 0.1) is 34.7 Å². The standard InChI is InChI=1S/C23H21ClF5N3O3/c1-11(23(27,28)29)35-20-9-14(19-7-13(10-33)32(31-19)12-5-6-12)18(26)8-15(20)22(34)30-21-16(24)3-2-4-17(21)25/h2-4,7-9,11-12,22,30,33-34H,5-6,10H2,1H3/t11-,22?/m0/s1. The van der Waals surface area contributed by atoms with Gasteiger partial charge in [-0.2, -0.15) is 18.3 Å². The van der Waals surface area contributed by atoms with Gasteiger partial charge in [-0.05, 0) is 50.1 Å². The van der Waals surface area contributed by atoms with Gasteiger partial charge in [0.25, 0.3) is 0 Å². The van der Waals surface area contributed by atoms with Crippen molar-refractivity contribution in [1.29, 1.82) is 0 Å². The highest BCUT2D eigenvalue weighted by atomic mass is 35.5. The number of aliphatic hydroxyl groups is 2. The molecule has 1 unspecified atom stereocenters. The maximum Gasteiger partial charge on any atom is 0.425 e. The van der Waals surface area contributed by atoms with Crippen LogP contribution in [0.25, 0.3) is 11.3 Å². The first-order valence-electron chi connectivity index (χ1n) is 10.6. The summed E-state index contributed by atoms with van der Waals surface area (Å²) < 4.78 is 75.7. The summed E-state index contributed by atoms with van der Waals surface area (Å²) in [5.74, 6) is -2.25. The van der Waals surface area contributed by atoms with E-state index in [1.54, 1.807) is 4.68 Å². The Morgan fingerprint density at radius 3 is 2.51 bits per heavy atom. The summed E-state index contributed by atoms with van der Waals surface area (Å²) in [7, 11) is 0. The molecule has 1 heterocycles. The number of hydrogen-bond donors (Lipinski definition) is 3. The average Bonchev–Trinajstić information content (AvgIpc) is 3.55. The van der Waals surface area contributed by atoms with Crippen LogP contribution in [0.1, 0.15) is 43.3 Å². The Balaban J connectivity index is 1.76. The molecular formula is C23H21ClF5N3O3. The minimum absolute atomic E-state index is 0.0609. The van der Waals surface area contributed by atoms with Crippen LogP contribution in [0.4, 0.5) is 27.6 Å². The predicted molar refractivity (Wildman–Crippen MR) is 118 cm³/mol. The number of rotatable bonds is 8. The zero-order valence-electron chi connectivity index (χ0n) is 18.3. The van der Waals surface area contributed by atoms with Gasteiger partial charge in [0.2, 0.25) is 0 Å². The molecule has 3 N–H and O–H groups in total. The van der Waals surface area contributed by atoms with Crippen LogP contribution in [0.3, 0.4) is 0 Å². The lowest BCUT2D eigenvalue weighted by atomic mass is 10.0. The van der Waals surface area contributed by atoms with E-state index in [-0.39, 0.29) is 34.6 Å². The fraction of sp³-hybridized carbons (Fsp3) is 0.348. The van der Waals surface area contributed by atoms with Gasteiger partial charge in [-0.15, -0.1) is 0 Å². The fourth-order valence-electron chi connectivity index (χ4n) is 3.51. The van der Waals surface area contributed by atoms with Crippen LogP contribution < -0.4 is 10.1 Å². The molecule has 1 fully saturated rings. The first kappa shape index (κ1) is 25.2. The molecule has 3 aromatic rings. The first-order chi connectivity index (χ1) is 16.5. The molecule has 2 atom stereocenters. The van der Waals surface area contributed by atoms with E-state index >= 15 is 4.39 Å². The van der Waals surface area contributed by atoms with Crippen molar-refractivity contribution >= 4 is 17.3 Å². The normalized spacial score (nSPS) is 15.7. The smallest absolute Gasteiger partial charge is 0.425 e. The third kappa shape index (κ3) is 5.36. The molecule has 0 amide bonds. The third-order valence-electron chi connectivity index (χ3n) is 5.55. The zero-order valence-corrected chi connectivity index (χ0v) is 19.0. The number of halogens is 6. The number of ether oxygens (including phenoxy) is 1. The highest BCUT2D eigenvalue weighted by Gasteiger charge is 2.39. The molecule has 0 saturated heterocycles. The van der Waals surface area contributed by atoms with E-state index in [0.29, 0.717) is 5.69 Å². The van der Waals surface area contributed by atoms with Crippen molar-refractivity contribution < 1.29 is 36.9 Å². The van der Waals surface area contributed by atoms with Crippen LogP contribution in [0, 0.1) is 11.6 Å². The number of nitrogens with zero attached hydrogens (tertiary/aromatic N) is 2. The van der Waals surface area contributed by atoms with Crippen molar-refractivity contribution in [1.82, 2.24) is 9.78 Å². The number of benzene rings is 2. The van der Waals surface area contributed by atoms with Gasteiger partial charge in [-0.3, -0.25) is 4.68 Å². The summed E-state index contributed by atoms with van der Waals surface area (Å²) in [6, 6.07) is 6.98. The molecule has 0 bridgehead atoms. The number of nitrogens with one attached hydrogen (secondary N) is 1. The summed E-state index contributed by atoms with van der Waals surface area (Å²) >= 11 is 5.94. The Labute approximate surface area is 201 Å². The monoisotopic (exact) mass is 517 g/mol. The Hall–Kier alpha value is -2.89. The van der Waals surface area contributed by atoms with E-state index in [1.165, 1.54) is 18.2 Å². The van der Waals surface area contributed by atoms with E-state index in [0.717, 1.165) is 38.0 Å². The highest BCUT2D eigenvalue weighted by Crippen LogP contribution is 2.40. The predicted octanol–water partition coefficient (Wildman–Crippen LogP) is 5.74. The summed E-state index contributed by atoms with van der Waals surface area (Å²) in [6.07, 6.45) is -7.26. The first-order valence-corrected chi connectivity index (χ1v) is 11.0. The van der Waals surface area contributed by atoms with Crippen molar-refractivity contribution in [3.05, 3.63) is 64.3 Å². The van der Waals surface area contributed by atoms with E-state index in [2.05, 4.69) is 10.4 Å². The molecule has 0 spiro atoms. The number of aliphatic hydroxyl groups excluding tert-OH is 2. The second-order valence-electron chi connectivity index (χ2n) is 8.17. The molecule has 1 aliphatic rings. The molecule has 4 rings (SSSR count). The fourth-order valence-corrected chi connectivity index (χ4v) is 3.72. The summed E-state index contributed by atoms with van der Waals surface area (Å²) in [5, 5.41) is 26.8. The number of aromatic nitrogens is 2. The summed E-state index contributed by atoms with van der Waals surface area (Å²) in [6.45, 7) is 0.399. The van der Waals surface area contributed by atoms with Crippen LogP contribution in [-0.2, 0) is 6.61 Å². The summed E-state index contributed by atoms with van der Waals surface area (Å²) in [5.41, 5.74) is -0.423. The zero-order chi connectivity index (χ0) is 25.5. The van der Waals surface area contributed by atoms with Gasteiger partial charge in [0.15, 0.2) is 12.3 Å². The molecule has 35 heavy (non-hydrogen) atoms. The lowest BCUT2D eigenvalue weighted by Crippen LogP contribution is -2.31. The van der Waals surface area contributed by atoms with Gasteiger partial charge >= 0.3 is 6.18 Å². The third-order valence-corrected chi connectivity index (χ3v) is 5.86. The Bertz CT molecular complexity index is 1210. The van der Waals surface area contributed by atoms with Gasteiger partial charge in [-0.1, -0.05) is 17.7 Å². The molecule has 1 aliphatic carbocycles. The molecule has 188 valence electrons. The van der Waals surface area contributed by atoms with E-state index < -0.39 is 41.5 Å². The largest absolute Gasteiger partial charge is 0.481 e. The number of para-hydroxylation sites is 1. The minimum atomic E-state index is -4.75. The molecule has 1 saturated carbocycles. The lowest BCUT2D eigenvalue weighted by molar-refractivity contribution is -0.189. The van der Waals surface area contributed by atoms with Crippen LogP contribution in [0.5, 0.6) is 5.75 Å². The molecule has 0 radical (unpaired) electrons. The van der Waals surface area contributed by atoms with Gasteiger partial charge < -0.3 is 20.3 Å². The average molecular weight is 518 g/mol. The van der Waals surface area contributed by atoms with E-state index in [9.17, 15) is 27.8 Å². The van der Waals surface area contributed by atoms with E-state index in [1.807, 2.05) is 0 Å². The Morgan fingerprint density at radius 1 is 1.20 bits per heavy atom. The Kier molecular flexibility index (Phi) is 6.94. The topological polar surface area (TPSA) is 79.5 Å².